The molecule has 0 aliphatic heterocycles. The normalized spacial score (nSPS) is 14.6. The van der Waals surface area contributed by atoms with E-state index < -0.39 is 0 Å². The summed E-state index contributed by atoms with van der Waals surface area (Å²) in [5, 5.41) is 14.0. The number of hydrogen-bond donors (Lipinski definition) is 2. The molecular weight excluding hydrogens is 262 g/mol. The number of nitrogens with one attached hydrogen (secondary N) is 1. The summed E-state index contributed by atoms with van der Waals surface area (Å²) >= 11 is 0. The number of aliphatic hydroxyl groups excluding tert-OH is 1. The fourth-order valence-corrected chi connectivity index (χ4v) is 2.63. The van der Waals surface area contributed by atoms with Crippen molar-refractivity contribution in [1.82, 2.24) is 10.3 Å². The summed E-state index contributed by atoms with van der Waals surface area (Å²) in [7, 11) is 0. The molecule has 21 heavy (non-hydrogen) atoms. The van der Waals surface area contributed by atoms with Gasteiger partial charge in [-0.1, -0.05) is 18.2 Å². The third-order valence-corrected chi connectivity index (χ3v) is 3.99. The third kappa shape index (κ3) is 3.34. The summed E-state index contributed by atoms with van der Waals surface area (Å²) in [5.41, 5.74) is 2.23. The minimum atomic E-state index is 0.151. The van der Waals surface area contributed by atoms with E-state index in [0.717, 1.165) is 24.4 Å². The molecule has 0 bridgehead atoms. The number of para-hydroxylation sites is 1. The Morgan fingerprint density at radius 2 is 2.14 bits per heavy atom. The van der Waals surface area contributed by atoms with Gasteiger partial charge in [0.05, 0.1) is 12.1 Å². The van der Waals surface area contributed by atoms with E-state index in [1.165, 1.54) is 23.8 Å². The second kappa shape index (κ2) is 6.41. The summed E-state index contributed by atoms with van der Waals surface area (Å²) in [4.78, 5) is 6.99. The molecule has 0 amide bonds. The van der Waals surface area contributed by atoms with E-state index >= 15 is 0 Å². The number of hydrogen-bond acceptors (Lipinski definition) is 4. The molecule has 0 atom stereocenters. The molecule has 0 saturated heterocycles. The zero-order valence-corrected chi connectivity index (χ0v) is 12.5. The summed E-state index contributed by atoms with van der Waals surface area (Å²) in [5.74, 6) is 0.999. The summed E-state index contributed by atoms with van der Waals surface area (Å²) < 4.78 is 0. The Labute approximate surface area is 125 Å². The highest BCUT2D eigenvalue weighted by atomic mass is 16.3. The summed E-state index contributed by atoms with van der Waals surface area (Å²) in [6.07, 6.45) is 2.56. The highest BCUT2D eigenvalue weighted by Crippen LogP contribution is 2.25. The Morgan fingerprint density at radius 1 is 1.33 bits per heavy atom. The lowest BCUT2D eigenvalue weighted by molar-refractivity contribution is 0.302. The van der Waals surface area contributed by atoms with Crippen LogP contribution < -0.4 is 10.2 Å². The van der Waals surface area contributed by atoms with Crippen molar-refractivity contribution in [3.05, 3.63) is 35.9 Å². The number of aliphatic hydroxyl groups is 1. The summed E-state index contributed by atoms with van der Waals surface area (Å²) in [6.45, 7) is 4.57. The highest BCUT2D eigenvalue weighted by molar-refractivity contribution is 5.81. The Bertz CT molecular complexity index is 610. The van der Waals surface area contributed by atoms with Crippen molar-refractivity contribution < 1.29 is 5.11 Å². The van der Waals surface area contributed by atoms with E-state index in [1.807, 2.05) is 18.2 Å². The van der Waals surface area contributed by atoms with Crippen molar-refractivity contribution in [2.45, 2.75) is 32.4 Å². The smallest absolute Gasteiger partial charge is 0.133 e. The largest absolute Gasteiger partial charge is 0.395 e. The first kappa shape index (κ1) is 14.3. The maximum absolute atomic E-state index is 9.28. The first-order valence-corrected chi connectivity index (χ1v) is 7.79. The van der Waals surface area contributed by atoms with Crippen LogP contribution in [0, 0.1) is 0 Å². The van der Waals surface area contributed by atoms with Crippen molar-refractivity contribution in [1.29, 1.82) is 0 Å². The molecule has 3 rings (SSSR count). The monoisotopic (exact) mass is 285 g/mol. The zero-order chi connectivity index (χ0) is 14.7. The van der Waals surface area contributed by atoms with Crippen LogP contribution in [0.2, 0.25) is 0 Å². The van der Waals surface area contributed by atoms with Crippen LogP contribution in [-0.4, -0.2) is 35.8 Å². The first-order valence-electron chi connectivity index (χ1n) is 7.79. The second-order valence-corrected chi connectivity index (χ2v) is 5.62. The molecule has 112 valence electrons. The number of likely N-dealkylation sites (N-methyl/N-ethyl adjacent to an activating group) is 1. The lowest BCUT2D eigenvalue weighted by Crippen LogP contribution is -2.29. The molecule has 1 aliphatic rings. The van der Waals surface area contributed by atoms with Crippen LogP contribution in [0.1, 0.15) is 25.3 Å². The SMILES string of the molecule is CCN(CCO)c1nc2ccccc2cc1CNC1CC1. The predicted molar refractivity (Wildman–Crippen MR) is 86.6 cm³/mol. The van der Waals surface area contributed by atoms with Gasteiger partial charge in [-0.05, 0) is 31.9 Å². The molecule has 0 spiro atoms. The second-order valence-electron chi connectivity index (χ2n) is 5.62. The van der Waals surface area contributed by atoms with Gasteiger partial charge >= 0.3 is 0 Å². The van der Waals surface area contributed by atoms with Crippen molar-refractivity contribution in [2.75, 3.05) is 24.6 Å². The molecule has 1 heterocycles. The van der Waals surface area contributed by atoms with E-state index in [0.29, 0.717) is 12.6 Å². The van der Waals surface area contributed by atoms with Crippen molar-refractivity contribution in [2.24, 2.45) is 0 Å². The molecule has 2 aromatic rings. The van der Waals surface area contributed by atoms with Crippen LogP contribution in [0.3, 0.4) is 0 Å². The third-order valence-electron chi connectivity index (χ3n) is 3.99. The number of anilines is 1. The van der Waals surface area contributed by atoms with Crippen molar-refractivity contribution in [3.63, 3.8) is 0 Å². The number of fused-ring (bicyclic) bond motifs is 1. The molecule has 2 N–H and O–H groups in total. The van der Waals surface area contributed by atoms with Crippen LogP contribution in [-0.2, 0) is 6.54 Å². The molecule has 1 aromatic carbocycles. The van der Waals surface area contributed by atoms with Gasteiger partial charge in [0.15, 0.2) is 0 Å². The quantitative estimate of drug-likeness (QED) is 0.819. The molecule has 1 fully saturated rings. The first-order chi connectivity index (χ1) is 10.3. The molecule has 1 saturated carbocycles. The predicted octanol–water partition coefficient (Wildman–Crippen LogP) is 2.31. The van der Waals surface area contributed by atoms with Gasteiger partial charge in [0.25, 0.3) is 0 Å². The van der Waals surface area contributed by atoms with E-state index in [2.05, 4.69) is 29.3 Å². The molecule has 4 heteroatoms. The van der Waals surface area contributed by atoms with Crippen LogP contribution in [0.5, 0.6) is 0 Å². The zero-order valence-electron chi connectivity index (χ0n) is 12.5. The van der Waals surface area contributed by atoms with Crippen LogP contribution in [0.4, 0.5) is 5.82 Å². The van der Waals surface area contributed by atoms with Gasteiger partial charge in [-0.2, -0.15) is 0 Å². The van der Waals surface area contributed by atoms with Gasteiger partial charge in [-0.3, -0.25) is 0 Å². The number of nitrogens with zero attached hydrogens (tertiary/aromatic N) is 2. The van der Waals surface area contributed by atoms with Crippen molar-refractivity contribution >= 4 is 16.7 Å². The highest BCUT2D eigenvalue weighted by Gasteiger charge is 2.21. The van der Waals surface area contributed by atoms with E-state index in [-0.39, 0.29) is 6.61 Å². The number of pyridine rings is 1. The molecule has 1 aromatic heterocycles. The van der Waals surface area contributed by atoms with Crippen LogP contribution in [0.15, 0.2) is 30.3 Å². The van der Waals surface area contributed by atoms with Gasteiger partial charge in [-0.15, -0.1) is 0 Å². The van der Waals surface area contributed by atoms with E-state index in [4.69, 9.17) is 4.98 Å². The lowest BCUT2D eigenvalue weighted by atomic mass is 10.1. The van der Waals surface area contributed by atoms with Gasteiger partial charge < -0.3 is 15.3 Å². The van der Waals surface area contributed by atoms with Crippen LogP contribution >= 0.6 is 0 Å². The average Bonchev–Trinajstić information content (AvgIpc) is 3.34. The maximum atomic E-state index is 9.28. The fraction of sp³-hybridized carbons (Fsp3) is 0.471. The van der Waals surface area contributed by atoms with Gasteiger partial charge in [0.1, 0.15) is 5.82 Å². The Kier molecular flexibility index (Phi) is 4.36. The number of benzene rings is 1. The lowest BCUT2D eigenvalue weighted by Gasteiger charge is -2.24. The van der Waals surface area contributed by atoms with Gasteiger partial charge in [-0.25, -0.2) is 4.98 Å². The topological polar surface area (TPSA) is 48.4 Å². The molecular formula is C17H23N3O. The Morgan fingerprint density at radius 3 is 2.86 bits per heavy atom. The molecule has 4 nitrogen and oxygen atoms in total. The Balaban J connectivity index is 1.97. The standard InChI is InChI=1S/C17H23N3O/c1-2-20(9-10-21)17-14(12-18-15-7-8-15)11-13-5-3-4-6-16(13)19-17/h3-6,11,15,18,21H,2,7-10,12H2,1H3. The van der Waals surface area contributed by atoms with Crippen LogP contribution in [0.25, 0.3) is 10.9 Å². The minimum Gasteiger partial charge on any atom is -0.395 e. The molecule has 0 radical (unpaired) electrons. The minimum absolute atomic E-state index is 0.151. The van der Waals surface area contributed by atoms with E-state index in [9.17, 15) is 5.11 Å². The van der Waals surface area contributed by atoms with Gasteiger partial charge in [0.2, 0.25) is 0 Å². The van der Waals surface area contributed by atoms with Crippen molar-refractivity contribution in [3.8, 4) is 0 Å². The average molecular weight is 285 g/mol. The fourth-order valence-electron chi connectivity index (χ4n) is 2.63. The van der Waals surface area contributed by atoms with E-state index in [1.54, 1.807) is 0 Å². The Hall–Kier alpha value is -1.65. The van der Waals surface area contributed by atoms with Gasteiger partial charge in [0, 0.05) is 36.6 Å². The summed E-state index contributed by atoms with van der Waals surface area (Å²) in [6, 6.07) is 11.1. The maximum Gasteiger partial charge on any atom is 0.133 e. The molecule has 0 unspecified atom stereocenters. The molecule has 1 aliphatic carbocycles. The number of aromatic nitrogens is 1. The number of rotatable bonds is 7.